The Morgan fingerprint density at radius 3 is 2.62 bits per heavy atom. The number of nitrogens with two attached hydrogens (primary N) is 1. The van der Waals surface area contributed by atoms with Crippen LogP contribution in [0.15, 0.2) is 24.3 Å². The molecule has 1 atom stereocenters. The molecule has 1 unspecified atom stereocenters. The van der Waals surface area contributed by atoms with Gasteiger partial charge in [0.25, 0.3) is 0 Å². The van der Waals surface area contributed by atoms with Crippen LogP contribution in [0.3, 0.4) is 0 Å². The first-order valence-corrected chi connectivity index (χ1v) is 6.01. The van der Waals surface area contributed by atoms with Gasteiger partial charge in [0.05, 0.1) is 0 Å². The van der Waals surface area contributed by atoms with Crippen molar-refractivity contribution >= 4 is 17.2 Å². The van der Waals surface area contributed by atoms with Crippen molar-refractivity contribution in [2.45, 2.75) is 39.2 Å². The van der Waals surface area contributed by atoms with Gasteiger partial charge < -0.3 is 10.5 Å². The highest BCUT2D eigenvalue weighted by molar-refractivity contribution is 7.80. The Labute approximate surface area is 103 Å². The molecule has 1 rings (SSSR count). The molecule has 0 aromatic heterocycles. The lowest BCUT2D eigenvalue weighted by Gasteiger charge is -2.17. The highest BCUT2D eigenvalue weighted by Gasteiger charge is 2.11. The Morgan fingerprint density at radius 1 is 1.44 bits per heavy atom. The van der Waals surface area contributed by atoms with E-state index in [0.29, 0.717) is 10.9 Å². The molecule has 0 aliphatic rings. The fourth-order valence-corrected chi connectivity index (χ4v) is 1.67. The molecule has 1 aromatic rings. The summed E-state index contributed by atoms with van der Waals surface area (Å²) in [5.74, 6) is 1.33. The highest BCUT2D eigenvalue weighted by Crippen LogP contribution is 2.21. The van der Waals surface area contributed by atoms with Gasteiger partial charge in [-0.05, 0) is 30.0 Å². The third-order valence-electron chi connectivity index (χ3n) is 2.49. The number of benzene rings is 1. The molecule has 0 bridgehead atoms. The van der Waals surface area contributed by atoms with Gasteiger partial charge in [-0.3, -0.25) is 0 Å². The molecule has 2 nitrogen and oxygen atoms in total. The molecule has 2 N–H and O–H groups in total. The molecular formula is C13H19NOS. The quantitative estimate of drug-likeness (QED) is 0.798. The van der Waals surface area contributed by atoms with Crippen LogP contribution in [0.25, 0.3) is 0 Å². The summed E-state index contributed by atoms with van der Waals surface area (Å²) < 4.78 is 5.75. The Hall–Kier alpha value is -1.09. The zero-order chi connectivity index (χ0) is 12.1. The molecular weight excluding hydrogens is 218 g/mol. The minimum atomic E-state index is -0.169. The van der Waals surface area contributed by atoms with Crippen molar-refractivity contribution in [1.29, 1.82) is 0 Å². The summed E-state index contributed by atoms with van der Waals surface area (Å²) in [6.45, 7) is 6.32. The van der Waals surface area contributed by atoms with E-state index >= 15 is 0 Å². The van der Waals surface area contributed by atoms with Crippen LogP contribution in [-0.4, -0.2) is 11.1 Å². The van der Waals surface area contributed by atoms with E-state index in [4.69, 9.17) is 22.7 Å². The van der Waals surface area contributed by atoms with E-state index in [9.17, 15) is 0 Å². The largest absolute Gasteiger partial charge is 0.483 e. The van der Waals surface area contributed by atoms with Crippen LogP contribution in [0.1, 0.15) is 38.7 Å². The van der Waals surface area contributed by atoms with E-state index < -0.39 is 0 Å². The van der Waals surface area contributed by atoms with E-state index in [0.717, 1.165) is 12.2 Å². The van der Waals surface area contributed by atoms with Gasteiger partial charge in [0, 0.05) is 0 Å². The van der Waals surface area contributed by atoms with E-state index in [1.54, 1.807) is 0 Å². The molecule has 0 amide bonds. The van der Waals surface area contributed by atoms with Gasteiger partial charge in [-0.2, -0.15) is 0 Å². The van der Waals surface area contributed by atoms with E-state index in [1.165, 1.54) is 5.56 Å². The molecule has 1 aromatic carbocycles. The molecule has 0 heterocycles. The predicted molar refractivity (Wildman–Crippen MR) is 72.0 cm³/mol. The van der Waals surface area contributed by atoms with Crippen LogP contribution in [0.4, 0.5) is 0 Å². The summed E-state index contributed by atoms with van der Waals surface area (Å²) in [7, 11) is 0. The maximum Gasteiger partial charge on any atom is 0.148 e. The van der Waals surface area contributed by atoms with Gasteiger partial charge in [-0.15, -0.1) is 0 Å². The summed E-state index contributed by atoms with van der Waals surface area (Å²) in [6, 6.07) is 8.08. The molecule has 0 saturated carbocycles. The van der Waals surface area contributed by atoms with Gasteiger partial charge in [0.2, 0.25) is 0 Å². The molecule has 0 aliphatic heterocycles. The standard InChI is InChI=1S/C13H19NOS/c1-4-12(13(14)16)15-11-7-5-6-10(8-11)9(2)3/h5-9,12H,4H2,1-3H3,(H2,14,16). The van der Waals surface area contributed by atoms with E-state index in [1.807, 2.05) is 25.1 Å². The van der Waals surface area contributed by atoms with Crippen LogP contribution in [-0.2, 0) is 0 Å². The van der Waals surface area contributed by atoms with Crippen LogP contribution in [0.2, 0.25) is 0 Å². The molecule has 88 valence electrons. The van der Waals surface area contributed by atoms with Crippen molar-refractivity contribution in [3.8, 4) is 5.75 Å². The fourth-order valence-electron chi connectivity index (χ4n) is 1.45. The second-order valence-electron chi connectivity index (χ2n) is 4.14. The minimum absolute atomic E-state index is 0.169. The molecule has 0 radical (unpaired) electrons. The first kappa shape index (κ1) is 13.0. The maximum atomic E-state index is 5.75. The maximum absolute atomic E-state index is 5.75. The topological polar surface area (TPSA) is 35.2 Å². The molecule has 0 aliphatic carbocycles. The second kappa shape index (κ2) is 5.85. The van der Waals surface area contributed by atoms with Gasteiger partial charge in [0.1, 0.15) is 16.8 Å². The average molecular weight is 237 g/mol. The SMILES string of the molecule is CCC(Oc1cccc(C(C)C)c1)C(N)=S. The first-order chi connectivity index (χ1) is 7.54. The van der Waals surface area contributed by atoms with Crippen molar-refractivity contribution < 1.29 is 4.74 Å². The fraction of sp³-hybridized carbons (Fsp3) is 0.462. The smallest absolute Gasteiger partial charge is 0.148 e. The predicted octanol–water partition coefficient (Wildman–Crippen LogP) is 3.25. The summed E-state index contributed by atoms with van der Waals surface area (Å²) in [5.41, 5.74) is 6.86. The van der Waals surface area contributed by atoms with Gasteiger partial charge in [-0.25, -0.2) is 0 Å². The zero-order valence-electron chi connectivity index (χ0n) is 10.1. The lowest BCUT2D eigenvalue weighted by atomic mass is 10.0. The van der Waals surface area contributed by atoms with Crippen molar-refractivity contribution in [1.82, 2.24) is 0 Å². The van der Waals surface area contributed by atoms with Gasteiger partial charge >= 0.3 is 0 Å². The number of rotatable bonds is 5. The van der Waals surface area contributed by atoms with Crippen LogP contribution < -0.4 is 10.5 Å². The zero-order valence-corrected chi connectivity index (χ0v) is 10.9. The Kier molecular flexibility index (Phi) is 4.74. The lowest BCUT2D eigenvalue weighted by molar-refractivity contribution is 0.263. The monoisotopic (exact) mass is 237 g/mol. The number of thiocarbonyl (C=S) groups is 1. The van der Waals surface area contributed by atoms with Gasteiger partial charge in [-0.1, -0.05) is 45.1 Å². The minimum Gasteiger partial charge on any atom is -0.483 e. The molecule has 0 spiro atoms. The average Bonchev–Trinajstić information content (AvgIpc) is 2.25. The van der Waals surface area contributed by atoms with Crippen molar-refractivity contribution in [2.24, 2.45) is 5.73 Å². The summed E-state index contributed by atoms with van der Waals surface area (Å²) >= 11 is 4.95. The number of hydrogen-bond donors (Lipinski definition) is 1. The molecule has 3 heteroatoms. The first-order valence-electron chi connectivity index (χ1n) is 5.60. The Balaban J connectivity index is 2.80. The molecule has 0 saturated heterocycles. The summed E-state index contributed by atoms with van der Waals surface area (Å²) in [5, 5.41) is 0. The van der Waals surface area contributed by atoms with E-state index in [-0.39, 0.29) is 6.10 Å². The molecule has 0 fully saturated rings. The number of hydrogen-bond acceptors (Lipinski definition) is 2. The normalized spacial score (nSPS) is 12.5. The van der Waals surface area contributed by atoms with E-state index in [2.05, 4.69) is 19.9 Å². The number of ether oxygens (including phenoxy) is 1. The highest BCUT2D eigenvalue weighted by atomic mass is 32.1. The van der Waals surface area contributed by atoms with Crippen molar-refractivity contribution in [2.75, 3.05) is 0 Å². The lowest BCUT2D eigenvalue weighted by Crippen LogP contribution is -2.31. The Morgan fingerprint density at radius 2 is 2.12 bits per heavy atom. The Bertz CT molecular complexity index is 363. The third kappa shape index (κ3) is 3.49. The van der Waals surface area contributed by atoms with Gasteiger partial charge in [0.15, 0.2) is 0 Å². The van der Waals surface area contributed by atoms with Crippen molar-refractivity contribution in [3.63, 3.8) is 0 Å². The van der Waals surface area contributed by atoms with Crippen molar-refractivity contribution in [3.05, 3.63) is 29.8 Å². The second-order valence-corrected chi connectivity index (χ2v) is 4.62. The van der Waals surface area contributed by atoms with Crippen LogP contribution in [0.5, 0.6) is 5.75 Å². The third-order valence-corrected chi connectivity index (χ3v) is 2.75. The van der Waals surface area contributed by atoms with Crippen LogP contribution in [0, 0.1) is 0 Å². The summed E-state index contributed by atoms with van der Waals surface area (Å²) in [4.78, 5) is 0.414. The van der Waals surface area contributed by atoms with Crippen LogP contribution >= 0.6 is 12.2 Å². The summed E-state index contributed by atoms with van der Waals surface area (Å²) in [6.07, 6.45) is 0.624. The molecule has 16 heavy (non-hydrogen) atoms.